The summed E-state index contributed by atoms with van der Waals surface area (Å²) in [5.74, 6) is 2.51. The molecule has 21 heavy (non-hydrogen) atoms. The van der Waals surface area contributed by atoms with Crippen LogP contribution in [0.25, 0.3) is 5.65 Å². The summed E-state index contributed by atoms with van der Waals surface area (Å²) in [5, 5.41) is 7.01. The average molecular weight is 287 g/mol. The van der Waals surface area contributed by atoms with Gasteiger partial charge in [0.05, 0.1) is 6.20 Å². The quantitative estimate of drug-likeness (QED) is 0.883. The minimum atomic E-state index is 0.508. The fourth-order valence-electron chi connectivity index (χ4n) is 3.07. The predicted octanol–water partition coefficient (Wildman–Crippen LogP) is 3.54. The molecule has 0 aromatic carbocycles. The molecule has 1 fully saturated rings. The van der Waals surface area contributed by atoms with E-state index in [1.807, 2.05) is 23.0 Å². The maximum atomic E-state index is 4.73. The van der Waals surface area contributed by atoms with Crippen LogP contribution in [-0.4, -0.2) is 27.0 Å². The Kier molecular flexibility index (Phi) is 4.27. The van der Waals surface area contributed by atoms with Crippen LogP contribution >= 0.6 is 0 Å². The lowest BCUT2D eigenvalue weighted by atomic mass is 9.86. The number of nitrogens with zero attached hydrogens (tertiary/aromatic N) is 3. The van der Waals surface area contributed by atoms with Crippen molar-refractivity contribution in [3.05, 3.63) is 18.6 Å². The van der Waals surface area contributed by atoms with E-state index >= 15 is 0 Å². The molecule has 2 atom stereocenters. The first-order valence-electron chi connectivity index (χ1n) is 8.12. The van der Waals surface area contributed by atoms with E-state index < -0.39 is 0 Å². The number of aromatic nitrogens is 3. The minimum absolute atomic E-state index is 0.508. The van der Waals surface area contributed by atoms with Crippen molar-refractivity contribution in [1.82, 2.24) is 14.4 Å². The van der Waals surface area contributed by atoms with Crippen LogP contribution in [0.2, 0.25) is 0 Å². The van der Waals surface area contributed by atoms with Gasteiger partial charge in [-0.05, 0) is 25.2 Å². The molecule has 1 aliphatic rings. The number of anilines is 2. The zero-order valence-electron chi connectivity index (χ0n) is 13.0. The standard InChI is InChI=1S/C16H25N5/c1-3-8-17-14-11-21-10-9-18-16(21)15(20-14)19-13-7-5-4-6-12(13)2/h9-13,17H,3-8H2,1-2H3,(H,19,20). The molecule has 2 aromatic heterocycles. The van der Waals surface area contributed by atoms with Gasteiger partial charge in [0.15, 0.2) is 11.5 Å². The Morgan fingerprint density at radius 3 is 3.00 bits per heavy atom. The maximum Gasteiger partial charge on any atom is 0.180 e. The second-order valence-electron chi connectivity index (χ2n) is 6.07. The van der Waals surface area contributed by atoms with Gasteiger partial charge < -0.3 is 15.0 Å². The lowest BCUT2D eigenvalue weighted by molar-refractivity contribution is 0.349. The van der Waals surface area contributed by atoms with Gasteiger partial charge in [-0.2, -0.15) is 0 Å². The van der Waals surface area contributed by atoms with E-state index in [2.05, 4.69) is 29.5 Å². The molecule has 1 aliphatic carbocycles. The van der Waals surface area contributed by atoms with Crippen molar-refractivity contribution in [1.29, 1.82) is 0 Å². The number of imidazole rings is 1. The van der Waals surface area contributed by atoms with Crippen LogP contribution in [0, 0.1) is 5.92 Å². The van der Waals surface area contributed by atoms with E-state index in [1.54, 1.807) is 0 Å². The van der Waals surface area contributed by atoms with Crippen LogP contribution in [0.5, 0.6) is 0 Å². The van der Waals surface area contributed by atoms with E-state index in [4.69, 9.17) is 4.98 Å². The molecule has 0 aliphatic heterocycles. The molecule has 5 heteroatoms. The van der Waals surface area contributed by atoms with E-state index in [0.29, 0.717) is 12.0 Å². The van der Waals surface area contributed by atoms with Gasteiger partial charge in [-0.25, -0.2) is 9.97 Å². The van der Waals surface area contributed by atoms with E-state index in [0.717, 1.165) is 30.2 Å². The SMILES string of the molecule is CCCNc1cn2ccnc2c(NC2CCCCC2C)n1. The molecule has 1 saturated carbocycles. The molecular weight excluding hydrogens is 262 g/mol. The molecule has 2 N–H and O–H groups in total. The van der Waals surface area contributed by atoms with Gasteiger partial charge in [-0.1, -0.05) is 26.7 Å². The molecule has 2 unspecified atom stereocenters. The summed E-state index contributed by atoms with van der Waals surface area (Å²) in [6.45, 7) is 5.43. The van der Waals surface area contributed by atoms with Crippen molar-refractivity contribution in [2.24, 2.45) is 5.92 Å². The molecule has 0 spiro atoms. The number of fused-ring (bicyclic) bond motifs is 1. The highest BCUT2D eigenvalue weighted by molar-refractivity contribution is 5.65. The first-order chi connectivity index (χ1) is 10.3. The molecule has 3 rings (SSSR count). The number of rotatable bonds is 5. The zero-order chi connectivity index (χ0) is 14.7. The van der Waals surface area contributed by atoms with Gasteiger partial charge in [-0.3, -0.25) is 0 Å². The third-order valence-electron chi connectivity index (χ3n) is 4.36. The Balaban J connectivity index is 1.86. The number of nitrogens with one attached hydrogen (secondary N) is 2. The first-order valence-corrected chi connectivity index (χ1v) is 8.12. The van der Waals surface area contributed by atoms with Crippen molar-refractivity contribution in [3.63, 3.8) is 0 Å². The molecule has 2 aromatic rings. The Labute approximate surface area is 126 Å². The van der Waals surface area contributed by atoms with Crippen LogP contribution in [0.15, 0.2) is 18.6 Å². The van der Waals surface area contributed by atoms with E-state index in [9.17, 15) is 0 Å². The van der Waals surface area contributed by atoms with Crippen molar-refractivity contribution < 1.29 is 0 Å². The third-order valence-corrected chi connectivity index (χ3v) is 4.36. The Hall–Kier alpha value is -1.78. The fraction of sp³-hybridized carbons (Fsp3) is 0.625. The lowest BCUT2D eigenvalue weighted by Gasteiger charge is -2.30. The number of hydrogen-bond acceptors (Lipinski definition) is 4. The summed E-state index contributed by atoms with van der Waals surface area (Å²) < 4.78 is 2.04. The molecule has 0 amide bonds. The molecular formula is C16H25N5. The first kappa shape index (κ1) is 14.2. The lowest BCUT2D eigenvalue weighted by Crippen LogP contribution is -2.31. The summed E-state index contributed by atoms with van der Waals surface area (Å²) in [5.41, 5.74) is 0.912. The van der Waals surface area contributed by atoms with Crippen molar-refractivity contribution in [2.75, 3.05) is 17.2 Å². The smallest absolute Gasteiger partial charge is 0.180 e. The predicted molar refractivity (Wildman–Crippen MR) is 86.8 cm³/mol. The summed E-state index contributed by atoms with van der Waals surface area (Å²) in [4.78, 5) is 9.17. The monoisotopic (exact) mass is 287 g/mol. The largest absolute Gasteiger partial charge is 0.369 e. The van der Waals surface area contributed by atoms with Crippen LogP contribution in [0.3, 0.4) is 0 Å². The van der Waals surface area contributed by atoms with Gasteiger partial charge in [0, 0.05) is 25.0 Å². The summed E-state index contributed by atoms with van der Waals surface area (Å²) >= 11 is 0. The second-order valence-corrected chi connectivity index (χ2v) is 6.07. The highest BCUT2D eigenvalue weighted by Crippen LogP contribution is 2.27. The number of hydrogen-bond donors (Lipinski definition) is 2. The van der Waals surface area contributed by atoms with Crippen LogP contribution in [0.4, 0.5) is 11.6 Å². The summed E-state index contributed by atoms with van der Waals surface area (Å²) in [6, 6.07) is 0.508. The van der Waals surface area contributed by atoms with Crippen LogP contribution < -0.4 is 10.6 Å². The normalized spacial score (nSPS) is 22.4. The van der Waals surface area contributed by atoms with Crippen molar-refractivity contribution >= 4 is 17.3 Å². The van der Waals surface area contributed by atoms with Crippen LogP contribution in [-0.2, 0) is 0 Å². The van der Waals surface area contributed by atoms with Gasteiger partial charge in [0.2, 0.25) is 0 Å². The fourth-order valence-corrected chi connectivity index (χ4v) is 3.07. The molecule has 114 valence electrons. The van der Waals surface area contributed by atoms with E-state index in [1.165, 1.54) is 25.7 Å². The maximum absolute atomic E-state index is 4.73. The molecule has 0 bridgehead atoms. The van der Waals surface area contributed by atoms with Crippen molar-refractivity contribution in [3.8, 4) is 0 Å². The van der Waals surface area contributed by atoms with Gasteiger partial charge in [-0.15, -0.1) is 0 Å². The second kappa shape index (κ2) is 6.33. The Bertz CT molecular complexity index is 591. The van der Waals surface area contributed by atoms with Gasteiger partial charge in [0.25, 0.3) is 0 Å². The average Bonchev–Trinajstić information content (AvgIpc) is 2.96. The molecule has 0 radical (unpaired) electrons. The highest BCUT2D eigenvalue weighted by Gasteiger charge is 2.22. The topological polar surface area (TPSA) is 54.2 Å². The third kappa shape index (κ3) is 3.12. The summed E-state index contributed by atoms with van der Waals surface area (Å²) in [6.07, 6.45) is 12.1. The van der Waals surface area contributed by atoms with Crippen LogP contribution in [0.1, 0.15) is 46.0 Å². The zero-order valence-corrected chi connectivity index (χ0v) is 13.0. The van der Waals surface area contributed by atoms with Crippen molar-refractivity contribution in [2.45, 2.75) is 52.0 Å². The molecule has 5 nitrogen and oxygen atoms in total. The Morgan fingerprint density at radius 1 is 1.33 bits per heavy atom. The summed E-state index contributed by atoms with van der Waals surface area (Å²) in [7, 11) is 0. The minimum Gasteiger partial charge on any atom is -0.369 e. The molecule has 2 heterocycles. The molecule has 0 saturated heterocycles. The van der Waals surface area contributed by atoms with Gasteiger partial charge in [0.1, 0.15) is 5.82 Å². The highest BCUT2D eigenvalue weighted by atomic mass is 15.2. The van der Waals surface area contributed by atoms with Gasteiger partial charge >= 0.3 is 0 Å². The Morgan fingerprint density at radius 2 is 2.19 bits per heavy atom. The van der Waals surface area contributed by atoms with E-state index in [-0.39, 0.29) is 0 Å².